The molecule has 0 saturated carbocycles. The van der Waals surface area contributed by atoms with Gasteiger partial charge in [0.15, 0.2) is 0 Å². The third-order valence-electron chi connectivity index (χ3n) is 3.11. The van der Waals surface area contributed by atoms with Crippen molar-refractivity contribution in [2.24, 2.45) is 5.73 Å². The fourth-order valence-electron chi connectivity index (χ4n) is 1.91. The summed E-state index contributed by atoms with van der Waals surface area (Å²) in [5.41, 5.74) is 6.63. The summed E-state index contributed by atoms with van der Waals surface area (Å²) < 4.78 is 17.1. The highest BCUT2D eigenvalue weighted by atomic mass is 28.4. The van der Waals surface area contributed by atoms with E-state index >= 15 is 0 Å². The van der Waals surface area contributed by atoms with Crippen LogP contribution in [0.25, 0.3) is 0 Å². The van der Waals surface area contributed by atoms with Crippen LogP contribution in [0.2, 0.25) is 6.04 Å². The van der Waals surface area contributed by atoms with Crippen LogP contribution < -0.4 is 5.73 Å². The number of hydrogen-bond donors (Lipinski definition) is 1. The minimum atomic E-state index is -2.52. The van der Waals surface area contributed by atoms with Gasteiger partial charge in [0.25, 0.3) is 0 Å². The molecule has 5 heteroatoms. The van der Waals surface area contributed by atoms with E-state index in [0.29, 0.717) is 6.61 Å². The van der Waals surface area contributed by atoms with E-state index < -0.39 is 8.80 Å². The molecular formula is C14H25NO3Si. The van der Waals surface area contributed by atoms with Crippen molar-refractivity contribution in [3.8, 4) is 0 Å². The summed E-state index contributed by atoms with van der Waals surface area (Å²) in [6.45, 7) is 1.27. The quantitative estimate of drug-likeness (QED) is 0.529. The second-order valence-electron chi connectivity index (χ2n) is 4.46. The van der Waals surface area contributed by atoms with Gasteiger partial charge in [-0.05, 0) is 24.9 Å². The molecule has 4 nitrogen and oxygen atoms in total. The zero-order valence-corrected chi connectivity index (χ0v) is 12.9. The van der Waals surface area contributed by atoms with Gasteiger partial charge < -0.3 is 19.0 Å². The van der Waals surface area contributed by atoms with Gasteiger partial charge in [-0.15, -0.1) is 0 Å². The van der Waals surface area contributed by atoms with Gasteiger partial charge in [-0.1, -0.05) is 36.8 Å². The summed E-state index contributed by atoms with van der Waals surface area (Å²) in [6, 6.07) is 10.9. The van der Waals surface area contributed by atoms with Crippen LogP contribution in [0, 0.1) is 0 Å². The molecular weight excluding hydrogens is 258 g/mol. The first-order valence-corrected chi connectivity index (χ1v) is 8.68. The van der Waals surface area contributed by atoms with Crippen LogP contribution in [-0.2, 0) is 19.9 Å². The van der Waals surface area contributed by atoms with Gasteiger partial charge >= 0.3 is 8.80 Å². The van der Waals surface area contributed by atoms with Crippen molar-refractivity contribution >= 4 is 8.80 Å². The molecule has 0 heterocycles. The Balaban J connectivity index is 2.46. The summed E-state index contributed by atoms with van der Waals surface area (Å²) in [7, 11) is 0.824. The lowest BCUT2D eigenvalue weighted by molar-refractivity contribution is 0.0906. The number of rotatable bonds is 10. The van der Waals surface area contributed by atoms with Gasteiger partial charge in [0.1, 0.15) is 0 Å². The van der Waals surface area contributed by atoms with Gasteiger partial charge in [0, 0.05) is 20.3 Å². The Labute approximate surface area is 117 Å². The van der Waals surface area contributed by atoms with Gasteiger partial charge in [0.05, 0.1) is 6.61 Å². The van der Waals surface area contributed by atoms with Crippen LogP contribution in [0.1, 0.15) is 24.8 Å². The monoisotopic (exact) mass is 283 g/mol. The first-order valence-electron chi connectivity index (χ1n) is 6.74. The maximum absolute atomic E-state index is 5.96. The highest BCUT2D eigenvalue weighted by Crippen LogP contribution is 2.19. The third kappa shape index (κ3) is 5.84. The lowest BCUT2D eigenvalue weighted by atomic mass is 10.2. The normalized spacial score (nSPS) is 11.7. The van der Waals surface area contributed by atoms with Crippen molar-refractivity contribution in [2.45, 2.75) is 31.9 Å². The molecule has 0 bridgehead atoms. The molecule has 0 fully saturated rings. The number of unbranched alkanes of at least 4 members (excludes halogenated alkanes) is 2. The highest BCUT2D eigenvalue weighted by Gasteiger charge is 2.38. The van der Waals surface area contributed by atoms with Gasteiger partial charge in [-0.2, -0.15) is 0 Å². The molecule has 0 amide bonds. The van der Waals surface area contributed by atoms with Crippen molar-refractivity contribution < 1.29 is 13.3 Å². The Hall–Kier alpha value is -0.723. The van der Waals surface area contributed by atoms with E-state index in [9.17, 15) is 0 Å². The maximum atomic E-state index is 5.96. The highest BCUT2D eigenvalue weighted by molar-refractivity contribution is 6.60. The Morgan fingerprint density at radius 2 is 1.68 bits per heavy atom. The fourth-order valence-corrected chi connectivity index (χ4v) is 3.93. The van der Waals surface area contributed by atoms with Crippen LogP contribution in [0.4, 0.5) is 0 Å². The van der Waals surface area contributed by atoms with E-state index in [2.05, 4.69) is 0 Å². The second kappa shape index (κ2) is 9.22. The largest absolute Gasteiger partial charge is 0.500 e. The molecule has 0 spiro atoms. The molecule has 1 aromatic carbocycles. The Morgan fingerprint density at radius 3 is 2.26 bits per heavy atom. The Bertz CT molecular complexity index is 331. The molecule has 0 aliphatic rings. The Kier molecular flexibility index (Phi) is 7.93. The van der Waals surface area contributed by atoms with E-state index in [-0.39, 0.29) is 0 Å². The smallest absolute Gasteiger partial charge is 0.377 e. The number of nitrogens with two attached hydrogens (primary N) is 1. The van der Waals surface area contributed by atoms with E-state index in [4.69, 9.17) is 19.0 Å². The van der Waals surface area contributed by atoms with Gasteiger partial charge in [0.2, 0.25) is 0 Å². The first kappa shape index (κ1) is 16.3. The molecule has 1 aromatic rings. The molecule has 108 valence electrons. The SMILES string of the molecule is CO[Si](CCCCCN)(OC)OCc1ccccc1. The summed E-state index contributed by atoms with van der Waals surface area (Å²) in [6.07, 6.45) is 3.16. The summed E-state index contributed by atoms with van der Waals surface area (Å²) >= 11 is 0. The van der Waals surface area contributed by atoms with Gasteiger partial charge in [-0.25, -0.2) is 0 Å². The molecule has 0 aliphatic carbocycles. The fraction of sp³-hybridized carbons (Fsp3) is 0.571. The van der Waals surface area contributed by atoms with Crippen LogP contribution in [0.5, 0.6) is 0 Å². The maximum Gasteiger partial charge on any atom is 0.500 e. The topological polar surface area (TPSA) is 53.7 Å². The molecule has 1 rings (SSSR count). The Morgan fingerprint density at radius 1 is 1.00 bits per heavy atom. The molecule has 0 radical (unpaired) electrons. The lowest BCUT2D eigenvalue weighted by Gasteiger charge is -2.26. The van der Waals surface area contributed by atoms with E-state index in [1.165, 1.54) is 0 Å². The molecule has 0 unspecified atom stereocenters. The van der Waals surface area contributed by atoms with Crippen molar-refractivity contribution in [1.82, 2.24) is 0 Å². The lowest BCUT2D eigenvalue weighted by Crippen LogP contribution is -2.43. The number of hydrogen-bond acceptors (Lipinski definition) is 4. The van der Waals surface area contributed by atoms with E-state index in [0.717, 1.165) is 37.4 Å². The van der Waals surface area contributed by atoms with Crippen molar-refractivity contribution in [2.75, 3.05) is 20.8 Å². The average molecular weight is 283 g/mol. The summed E-state index contributed by atoms with van der Waals surface area (Å²) in [5, 5.41) is 0. The molecule has 0 atom stereocenters. The van der Waals surface area contributed by atoms with Crippen molar-refractivity contribution in [3.63, 3.8) is 0 Å². The zero-order valence-electron chi connectivity index (χ0n) is 11.9. The van der Waals surface area contributed by atoms with Gasteiger partial charge in [-0.3, -0.25) is 0 Å². The predicted octanol–water partition coefficient (Wildman–Crippen LogP) is 2.56. The average Bonchev–Trinajstić information content (AvgIpc) is 2.48. The number of benzene rings is 1. The molecule has 0 aromatic heterocycles. The van der Waals surface area contributed by atoms with Crippen LogP contribution in [-0.4, -0.2) is 29.6 Å². The zero-order chi connectivity index (χ0) is 14.0. The van der Waals surface area contributed by atoms with E-state index in [1.54, 1.807) is 14.2 Å². The molecule has 0 aliphatic heterocycles. The molecule has 2 N–H and O–H groups in total. The molecule has 19 heavy (non-hydrogen) atoms. The summed E-state index contributed by atoms with van der Waals surface area (Å²) in [5.74, 6) is 0. The minimum Gasteiger partial charge on any atom is -0.377 e. The van der Waals surface area contributed by atoms with E-state index in [1.807, 2.05) is 30.3 Å². The van der Waals surface area contributed by atoms with Crippen LogP contribution in [0.15, 0.2) is 30.3 Å². The van der Waals surface area contributed by atoms with Crippen molar-refractivity contribution in [1.29, 1.82) is 0 Å². The summed E-state index contributed by atoms with van der Waals surface area (Å²) in [4.78, 5) is 0. The van der Waals surface area contributed by atoms with Crippen molar-refractivity contribution in [3.05, 3.63) is 35.9 Å². The standard InChI is InChI=1S/C14H25NO3Si/c1-16-19(17-2,12-8-4-7-11-15)18-13-14-9-5-3-6-10-14/h3,5-6,9-10H,4,7-8,11-13,15H2,1-2H3. The third-order valence-corrected chi connectivity index (χ3v) is 5.90. The minimum absolute atomic E-state index is 0.533. The first-order chi connectivity index (χ1) is 9.26. The molecule has 0 saturated heterocycles. The van der Waals surface area contributed by atoms with Crippen LogP contribution in [0.3, 0.4) is 0 Å². The second-order valence-corrected chi connectivity index (χ2v) is 7.44. The van der Waals surface area contributed by atoms with Crippen LogP contribution >= 0.6 is 0 Å². The predicted molar refractivity (Wildman–Crippen MR) is 78.7 cm³/mol.